The van der Waals surface area contributed by atoms with Gasteiger partial charge in [0, 0.05) is 12.2 Å². The summed E-state index contributed by atoms with van der Waals surface area (Å²) >= 11 is 0. The van der Waals surface area contributed by atoms with Crippen molar-refractivity contribution in [1.29, 1.82) is 0 Å². The first-order valence-electron chi connectivity index (χ1n) is 5.40. The number of aromatic nitrogens is 3. The zero-order valence-electron chi connectivity index (χ0n) is 10.0. The summed E-state index contributed by atoms with van der Waals surface area (Å²) in [5, 5.41) is 12.2. The van der Waals surface area contributed by atoms with Gasteiger partial charge in [0.25, 0.3) is 11.8 Å². The van der Waals surface area contributed by atoms with Gasteiger partial charge >= 0.3 is 0 Å². The number of amides is 2. The van der Waals surface area contributed by atoms with Crippen molar-refractivity contribution in [3.63, 3.8) is 0 Å². The van der Waals surface area contributed by atoms with E-state index in [1.54, 1.807) is 18.5 Å². The second-order valence-corrected chi connectivity index (χ2v) is 3.15. The van der Waals surface area contributed by atoms with Crippen LogP contribution in [0.15, 0.2) is 67.0 Å². The molecular formula is C13H12N4O2. The van der Waals surface area contributed by atoms with Crippen molar-refractivity contribution < 1.29 is 9.59 Å². The summed E-state index contributed by atoms with van der Waals surface area (Å²) < 4.78 is 0. The molecule has 0 saturated carbocycles. The van der Waals surface area contributed by atoms with E-state index in [4.69, 9.17) is 0 Å². The summed E-state index contributed by atoms with van der Waals surface area (Å²) in [6, 6.07) is 13.7. The van der Waals surface area contributed by atoms with E-state index in [2.05, 4.69) is 15.4 Å². The third-order valence-corrected chi connectivity index (χ3v) is 1.71. The molecule has 0 saturated heterocycles. The first-order chi connectivity index (χ1) is 9.29. The summed E-state index contributed by atoms with van der Waals surface area (Å²) in [6.45, 7) is 0. The molecule has 6 nitrogen and oxygen atoms in total. The minimum atomic E-state index is -0.329. The fraction of sp³-hybridized carbons (Fsp3) is 0. The molecular weight excluding hydrogens is 244 g/mol. The first-order valence-corrected chi connectivity index (χ1v) is 5.40. The van der Waals surface area contributed by atoms with Gasteiger partial charge in [-0.15, -0.1) is 10.2 Å². The molecule has 1 aromatic heterocycles. The van der Waals surface area contributed by atoms with E-state index < -0.39 is 0 Å². The van der Waals surface area contributed by atoms with Crippen molar-refractivity contribution in [3.8, 4) is 0 Å². The van der Waals surface area contributed by atoms with Crippen molar-refractivity contribution >= 4 is 11.8 Å². The molecule has 0 spiro atoms. The Morgan fingerprint density at radius 1 is 0.684 bits per heavy atom. The Labute approximate surface area is 110 Å². The highest BCUT2D eigenvalue weighted by Gasteiger charge is 2.06. The van der Waals surface area contributed by atoms with E-state index in [-0.39, 0.29) is 11.8 Å². The van der Waals surface area contributed by atoms with Crippen molar-refractivity contribution in [2.45, 2.75) is 0 Å². The SMILES string of the molecule is O=C1C=CC(=O)N1.c1ccccc1.c1cnnnc1. The lowest BCUT2D eigenvalue weighted by molar-refractivity contribution is -0.123. The fourth-order valence-corrected chi connectivity index (χ4v) is 0.946. The summed E-state index contributed by atoms with van der Waals surface area (Å²) in [6.07, 6.45) is 5.55. The minimum Gasteiger partial charge on any atom is -0.289 e. The quantitative estimate of drug-likeness (QED) is 0.703. The average Bonchev–Trinajstić information content (AvgIpc) is 2.87. The first kappa shape index (κ1) is 14.2. The number of rotatable bonds is 0. The number of carbonyl (C=O) groups excluding carboxylic acids is 2. The van der Waals surface area contributed by atoms with Crippen LogP contribution in [0, 0.1) is 0 Å². The van der Waals surface area contributed by atoms with Gasteiger partial charge in [0.15, 0.2) is 0 Å². The van der Waals surface area contributed by atoms with Crippen LogP contribution in [0.4, 0.5) is 0 Å². The highest BCUT2D eigenvalue weighted by atomic mass is 16.2. The molecule has 19 heavy (non-hydrogen) atoms. The molecule has 1 aromatic carbocycles. The van der Waals surface area contributed by atoms with Crippen molar-refractivity contribution in [2.75, 3.05) is 0 Å². The Kier molecular flexibility index (Phi) is 6.84. The van der Waals surface area contributed by atoms with Crippen molar-refractivity contribution in [1.82, 2.24) is 20.7 Å². The van der Waals surface area contributed by atoms with Gasteiger partial charge in [0.1, 0.15) is 0 Å². The van der Waals surface area contributed by atoms with E-state index in [1.807, 2.05) is 41.7 Å². The molecule has 0 aliphatic carbocycles. The van der Waals surface area contributed by atoms with Crippen LogP contribution >= 0.6 is 0 Å². The molecule has 1 N–H and O–H groups in total. The maximum atomic E-state index is 10.0. The standard InChI is InChI=1S/C6H6.C4H3NO2.C3H3N3/c1-2-4-6-5-3-1;6-3-1-2-4(7)5-3;1-2-4-6-5-3-1/h1-6H;1-2H,(H,5,6,7);1-3H. The predicted octanol–water partition coefficient (Wildman–Crippen LogP) is 0.757. The lowest BCUT2D eigenvalue weighted by Crippen LogP contribution is -2.19. The molecule has 0 radical (unpaired) electrons. The molecule has 0 bridgehead atoms. The van der Waals surface area contributed by atoms with E-state index in [0.29, 0.717) is 0 Å². The van der Waals surface area contributed by atoms with E-state index in [1.165, 1.54) is 12.2 Å². The fourth-order valence-electron chi connectivity index (χ4n) is 0.946. The second-order valence-electron chi connectivity index (χ2n) is 3.15. The third-order valence-electron chi connectivity index (χ3n) is 1.71. The van der Waals surface area contributed by atoms with Crippen LogP contribution in [-0.4, -0.2) is 27.2 Å². The van der Waals surface area contributed by atoms with Gasteiger partial charge in [-0.25, -0.2) is 0 Å². The van der Waals surface area contributed by atoms with Gasteiger partial charge in [0.05, 0.1) is 12.4 Å². The molecule has 1 aliphatic rings. The molecule has 0 atom stereocenters. The number of benzene rings is 1. The summed E-state index contributed by atoms with van der Waals surface area (Å²) in [4.78, 5) is 20.1. The highest BCUT2D eigenvalue weighted by Crippen LogP contribution is 1.82. The van der Waals surface area contributed by atoms with Gasteiger partial charge in [-0.1, -0.05) is 36.4 Å². The van der Waals surface area contributed by atoms with Crippen LogP contribution in [0.2, 0.25) is 0 Å². The van der Waals surface area contributed by atoms with Crippen LogP contribution < -0.4 is 5.32 Å². The normalized spacial score (nSPS) is 11.6. The van der Waals surface area contributed by atoms with Crippen LogP contribution in [0.25, 0.3) is 0 Å². The smallest absolute Gasteiger partial charge is 0.250 e. The van der Waals surface area contributed by atoms with Gasteiger partial charge in [0.2, 0.25) is 0 Å². The van der Waals surface area contributed by atoms with Crippen LogP contribution in [0.3, 0.4) is 0 Å². The van der Waals surface area contributed by atoms with Gasteiger partial charge in [-0.05, 0) is 11.3 Å². The molecule has 0 fully saturated rings. The van der Waals surface area contributed by atoms with Gasteiger partial charge in [-0.3, -0.25) is 14.9 Å². The summed E-state index contributed by atoms with van der Waals surface area (Å²) in [5.41, 5.74) is 0. The molecule has 2 aromatic rings. The molecule has 6 heteroatoms. The summed E-state index contributed by atoms with van der Waals surface area (Å²) in [7, 11) is 0. The van der Waals surface area contributed by atoms with Crippen molar-refractivity contribution in [2.24, 2.45) is 0 Å². The Morgan fingerprint density at radius 2 is 1.11 bits per heavy atom. The predicted molar refractivity (Wildman–Crippen MR) is 68.6 cm³/mol. The van der Waals surface area contributed by atoms with E-state index in [0.717, 1.165) is 0 Å². The Morgan fingerprint density at radius 3 is 1.26 bits per heavy atom. The number of carbonyl (C=O) groups is 2. The van der Waals surface area contributed by atoms with Crippen LogP contribution in [0.1, 0.15) is 0 Å². The molecule has 96 valence electrons. The van der Waals surface area contributed by atoms with Crippen LogP contribution in [0.5, 0.6) is 0 Å². The zero-order valence-corrected chi connectivity index (χ0v) is 10.0. The zero-order chi connectivity index (χ0) is 13.8. The molecule has 2 amide bonds. The third kappa shape index (κ3) is 7.92. The average molecular weight is 256 g/mol. The Hall–Kier alpha value is -2.89. The monoisotopic (exact) mass is 256 g/mol. The molecule has 0 unspecified atom stereocenters. The summed E-state index contributed by atoms with van der Waals surface area (Å²) in [5.74, 6) is -0.657. The number of hydrogen-bond donors (Lipinski definition) is 1. The number of imide groups is 1. The highest BCUT2D eigenvalue weighted by molar-refractivity contribution is 6.12. The molecule has 3 rings (SSSR count). The number of nitrogens with one attached hydrogen (secondary N) is 1. The van der Waals surface area contributed by atoms with E-state index >= 15 is 0 Å². The molecule has 2 heterocycles. The van der Waals surface area contributed by atoms with Crippen molar-refractivity contribution in [3.05, 3.63) is 67.0 Å². The van der Waals surface area contributed by atoms with E-state index in [9.17, 15) is 9.59 Å². The number of nitrogens with zero attached hydrogens (tertiary/aromatic N) is 3. The molecule has 1 aliphatic heterocycles. The number of hydrogen-bond acceptors (Lipinski definition) is 5. The Balaban J connectivity index is 0.000000143. The largest absolute Gasteiger partial charge is 0.289 e. The Bertz CT molecular complexity index is 414. The topological polar surface area (TPSA) is 84.8 Å². The van der Waals surface area contributed by atoms with Crippen LogP contribution in [-0.2, 0) is 9.59 Å². The maximum absolute atomic E-state index is 10.0. The lowest BCUT2D eigenvalue weighted by Gasteiger charge is -1.80. The maximum Gasteiger partial charge on any atom is 0.250 e. The van der Waals surface area contributed by atoms with Gasteiger partial charge < -0.3 is 0 Å². The lowest BCUT2D eigenvalue weighted by atomic mass is 10.4. The second kappa shape index (κ2) is 9.17. The minimum absolute atomic E-state index is 0.329. The van der Waals surface area contributed by atoms with Gasteiger partial charge in [-0.2, -0.15) is 0 Å².